The third kappa shape index (κ3) is 9.53. The predicted octanol–water partition coefficient (Wildman–Crippen LogP) is 2.05. The van der Waals surface area contributed by atoms with Crippen LogP contribution in [0.4, 0.5) is 0 Å². The smallest absolute Gasteiger partial charge is 0.0685 e. The molecule has 0 aliphatic carbocycles. The number of hydroxylamine groups is 2. The van der Waals surface area contributed by atoms with Crippen molar-refractivity contribution < 1.29 is 9.57 Å². The zero-order valence-corrected chi connectivity index (χ0v) is 12.0. The van der Waals surface area contributed by atoms with Gasteiger partial charge in [0.15, 0.2) is 0 Å². The van der Waals surface area contributed by atoms with E-state index >= 15 is 0 Å². The first kappa shape index (κ1) is 16.8. The van der Waals surface area contributed by atoms with Crippen LogP contribution < -0.4 is 5.32 Å². The number of rotatable bonds is 1. The molecule has 2 aliphatic heterocycles. The minimum atomic E-state index is 0.712. The van der Waals surface area contributed by atoms with Gasteiger partial charge < -0.3 is 10.1 Å². The molecule has 104 valence electrons. The molecule has 4 nitrogen and oxygen atoms in total. The Morgan fingerprint density at radius 3 is 2.00 bits per heavy atom. The van der Waals surface area contributed by atoms with Gasteiger partial charge in [0.2, 0.25) is 0 Å². The Morgan fingerprint density at radius 1 is 1.06 bits per heavy atom. The van der Waals surface area contributed by atoms with Crippen molar-refractivity contribution in [2.45, 2.75) is 45.6 Å². The summed E-state index contributed by atoms with van der Waals surface area (Å²) in [4.78, 5) is 5.11. The Bertz CT molecular complexity index is 144. The molecule has 17 heavy (non-hydrogen) atoms. The first-order valence-corrected chi connectivity index (χ1v) is 6.92. The fourth-order valence-electron chi connectivity index (χ4n) is 1.71. The fourth-order valence-corrected chi connectivity index (χ4v) is 1.71. The quantitative estimate of drug-likeness (QED) is 0.768. The minimum Gasteiger partial charge on any atom is -0.381 e. The van der Waals surface area contributed by atoms with Gasteiger partial charge in [0.05, 0.1) is 6.61 Å². The van der Waals surface area contributed by atoms with E-state index < -0.39 is 0 Å². The van der Waals surface area contributed by atoms with Gasteiger partial charge in [-0.05, 0) is 32.7 Å². The van der Waals surface area contributed by atoms with Crippen molar-refractivity contribution in [2.75, 3.05) is 40.5 Å². The second-order valence-corrected chi connectivity index (χ2v) is 4.07. The number of nitrogens with one attached hydrogen (secondary N) is 1. The van der Waals surface area contributed by atoms with Gasteiger partial charge >= 0.3 is 0 Å². The summed E-state index contributed by atoms with van der Waals surface area (Å²) in [5, 5.41) is 5.12. The Hall–Kier alpha value is -0.160. The van der Waals surface area contributed by atoms with Gasteiger partial charge in [0.25, 0.3) is 0 Å². The molecule has 2 heterocycles. The summed E-state index contributed by atoms with van der Waals surface area (Å²) in [5.41, 5.74) is 0. The summed E-state index contributed by atoms with van der Waals surface area (Å²) in [6.07, 6.45) is 4.87. The Labute approximate surface area is 107 Å². The largest absolute Gasteiger partial charge is 0.381 e. The van der Waals surface area contributed by atoms with E-state index in [-0.39, 0.29) is 0 Å². The molecular formula is C13H30N2O2. The van der Waals surface area contributed by atoms with E-state index in [0.29, 0.717) is 6.04 Å². The van der Waals surface area contributed by atoms with Crippen LogP contribution in [-0.2, 0) is 9.57 Å². The van der Waals surface area contributed by atoms with Gasteiger partial charge in [-0.15, -0.1) is 0 Å². The fraction of sp³-hybridized carbons (Fsp3) is 1.00. The highest BCUT2D eigenvalue weighted by atomic mass is 16.7. The second-order valence-electron chi connectivity index (χ2n) is 4.07. The van der Waals surface area contributed by atoms with Crippen LogP contribution in [0.2, 0.25) is 0 Å². The van der Waals surface area contributed by atoms with E-state index in [2.05, 4.69) is 5.32 Å². The molecule has 0 saturated carbocycles. The summed E-state index contributed by atoms with van der Waals surface area (Å²) in [7, 11) is 3.98. The van der Waals surface area contributed by atoms with Crippen LogP contribution in [0.25, 0.3) is 0 Å². The van der Waals surface area contributed by atoms with Crippen LogP contribution in [0.3, 0.4) is 0 Å². The number of hydrogen-bond donors (Lipinski definition) is 1. The van der Waals surface area contributed by atoms with Gasteiger partial charge in [0.1, 0.15) is 0 Å². The molecule has 4 heteroatoms. The summed E-state index contributed by atoms with van der Waals surface area (Å²) >= 11 is 0. The highest BCUT2D eigenvalue weighted by molar-refractivity contribution is 4.66. The maximum Gasteiger partial charge on any atom is 0.0685 e. The summed E-state index contributed by atoms with van der Waals surface area (Å²) in [6, 6.07) is 0.712. The van der Waals surface area contributed by atoms with Crippen molar-refractivity contribution in [3.05, 3.63) is 0 Å². The maximum absolute atomic E-state index is 5.16. The van der Waals surface area contributed by atoms with Crippen molar-refractivity contribution >= 4 is 0 Å². The van der Waals surface area contributed by atoms with E-state index in [1.54, 1.807) is 0 Å². The summed E-state index contributed by atoms with van der Waals surface area (Å²) in [5.74, 6) is 0. The van der Waals surface area contributed by atoms with Crippen LogP contribution in [0, 0.1) is 0 Å². The molecule has 2 fully saturated rings. The molecule has 0 atom stereocenters. The normalized spacial score (nSPS) is 21.9. The molecule has 2 saturated heterocycles. The Kier molecular flexibility index (Phi) is 12.2. The monoisotopic (exact) mass is 246 g/mol. The zero-order chi connectivity index (χ0) is 12.9. The third-order valence-electron chi connectivity index (χ3n) is 2.81. The van der Waals surface area contributed by atoms with Crippen LogP contribution in [0.15, 0.2) is 0 Å². The first-order valence-electron chi connectivity index (χ1n) is 6.92. The minimum absolute atomic E-state index is 0.712. The van der Waals surface area contributed by atoms with Gasteiger partial charge in [0, 0.05) is 32.8 Å². The standard InChI is InChI=1S/C6H13NO.C5H11NO.C2H6/c1-7-6-2-4-8-5-3-6;1-6-4-2-3-5-7-6;1-2/h6-7H,2-5H2,1H3;2-5H2,1H3;1-2H3. The maximum atomic E-state index is 5.16. The second kappa shape index (κ2) is 12.3. The highest BCUT2D eigenvalue weighted by Gasteiger charge is 2.09. The van der Waals surface area contributed by atoms with E-state index in [1.165, 1.54) is 25.7 Å². The summed E-state index contributed by atoms with van der Waals surface area (Å²) < 4.78 is 5.16. The number of hydrogen-bond acceptors (Lipinski definition) is 4. The first-order chi connectivity index (χ1) is 8.33. The lowest BCUT2D eigenvalue weighted by atomic mass is 10.1. The molecule has 0 amide bonds. The van der Waals surface area contributed by atoms with Gasteiger partial charge in [-0.1, -0.05) is 13.8 Å². The van der Waals surface area contributed by atoms with Crippen molar-refractivity contribution in [3.63, 3.8) is 0 Å². The number of ether oxygens (including phenoxy) is 1. The molecular weight excluding hydrogens is 216 g/mol. The topological polar surface area (TPSA) is 33.7 Å². The molecule has 0 spiro atoms. The molecule has 0 unspecified atom stereocenters. The van der Waals surface area contributed by atoms with Crippen molar-refractivity contribution in [1.29, 1.82) is 0 Å². The van der Waals surface area contributed by atoms with Gasteiger partial charge in [-0.2, -0.15) is 5.06 Å². The Morgan fingerprint density at radius 2 is 1.71 bits per heavy atom. The molecule has 2 aliphatic rings. The van der Waals surface area contributed by atoms with Crippen molar-refractivity contribution in [2.24, 2.45) is 0 Å². The lowest BCUT2D eigenvalue weighted by molar-refractivity contribution is -0.161. The zero-order valence-electron chi connectivity index (χ0n) is 12.0. The van der Waals surface area contributed by atoms with E-state index in [1.807, 2.05) is 33.0 Å². The third-order valence-corrected chi connectivity index (χ3v) is 2.81. The van der Waals surface area contributed by atoms with Crippen LogP contribution in [0.1, 0.15) is 39.5 Å². The van der Waals surface area contributed by atoms with Gasteiger partial charge in [-0.25, -0.2) is 0 Å². The van der Waals surface area contributed by atoms with Crippen LogP contribution >= 0.6 is 0 Å². The van der Waals surface area contributed by atoms with Crippen molar-refractivity contribution in [1.82, 2.24) is 10.4 Å². The molecule has 0 aromatic rings. The molecule has 1 N–H and O–H groups in total. The average molecular weight is 246 g/mol. The van der Waals surface area contributed by atoms with E-state index in [9.17, 15) is 0 Å². The highest BCUT2D eigenvalue weighted by Crippen LogP contribution is 2.04. The lowest BCUT2D eigenvalue weighted by Crippen LogP contribution is -2.31. The van der Waals surface area contributed by atoms with Crippen LogP contribution in [0.5, 0.6) is 0 Å². The predicted molar refractivity (Wildman–Crippen MR) is 72.1 cm³/mol. The molecule has 2 rings (SSSR count). The van der Waals surface area contributed by atoms with Crippen LogP contribution in [-0.4, -0.2) is 51.6 Å². The molecule has 0 bridgehead atoms. The van der Waals surface area contributed by atoms with E-state index in [0.717, 1.165) is 26.4 Å². The van der Waals surface area contributed by atoms with Gasteiger partial charge in [-0.3, -0.25) is 4.84 Å². The molecule has 0 aromatic heterocycles. The van der Waals surface area contributed by atoms with Crippen molar-refractivity contribution in [3.8, 4) is 0 Å². The average Bonchev–Trinajstić information content (AvgIpc) is 2.43. The SMILES string of the molecule is CC.CN1CCCCO1.CNC1CCOCC1. The van der Waals surface area contributed by atoms with E-state index in [4.69, 9.17) is 9.57 Å². The molecule has 0 aromatic carbocycles. The number of nitrogens with zero attached hydrogens (tertiary/aromatic N) is 1. The lowest BCUT2D eigenvalue weighted by Gasteiger charge is -2.20. The summed E-state index contributed by atoms with van der Waals surface area (Å²) in [6.45, 7) is 7.88. The Balaban J connectivity index is 0.000000265. The molecule has 0 radical (unpaired) electrons.